The summed E-state index contributed by atoms with van der Waals surface area (Å²) in [7, 11) is 1.26. The number of esters is 1. The number of amides is 4. The van der Waals surface area contributed by atoms with Gasteiger partial charge >= 0.3 is 18.1 Å². The van der Waals surface area contributed by atoms with Crippen molar-refractivity contribution in [2.75, 3.05) is 30.8 Å². The fraction of sp³-hybridized carbons (Fsp3) is 0.394. The number of nitrogens with zero attached hydrogens (tertiary/aromatic N) is 1. The highest BCUT2D eigenvalue weighted by atomic mass is 16.6. The molecule has 1 aliphatic rings. The zero-order valence-electron chi connectivity index (χ0n) is 25.8. The molecule has 4 amide bonds. The van der Waals surface area contributed by atoms with Crippen LogP contribution in [0.3, 0.4) is 0 Å². The number of urea groups is 1. The molecule has 0 saturated carbocycles. The van der Waals surface area contributed by atoms with Crippen molar-refractivity contribution >= 4 is 46.1 Å². The number of rotatable bonds is 5. The zero-order chi connectivity index (χ0) is 31.5. The van der Waals surface area contributed by atoms with E-state index in [0.29, 0.717) is 5.69 Å². The van der Waals surface area contributed by atoms with Gasteiger partial charge in [0.2, 0.25) is 0 Å². The van der Waals surface area contributed by atoms with Crippen LogP contribution in [0.15, 0.2) is 48.5 Å². The van der Waals surface area contributed by atoms with E-state index in [1.54, 1.807) is 32.9 Å². The van der Waals surface area contributed by atoms with Crippen LogP contribution in [-0.4, -0.2) is 60.2 Å². The van der Waals surface area contributed by atoms with Crippen molar-refractivity contribution in [3.8, 4) is 0 Å². The fourth-order valence-electron chi connectivity index (χ4n) is 5.43. The maximum Gasteiger partial charge on any atom is 0.410 e. The summed E-state index contributed by atoms with van der Waals surface area (Å²) < 4.78 is 10.6. The molecule has 3 aromatic rings. The minimum Gasteiger partial charge on any atom is -0.467 e. The Kier molecular flexibility index (Phi) is 8.98. The van der Waals surface area contributed by atoms with E-state index in [1.807, 2.05) is 57.2 Å². The van der Waals surface area contributed by atoms with Crippen LogP contribution in [0.2, 0.25) is 0 Å². The molecule has 1 aliphatic heterocycles. The van der Waals surface area contributed by atoms with E-state index in [2.05, 4.69) is 16.0 Å². The van der Waals surface area contributed by atoms with Crippen LogP contribution in [0.25, 0.3) is 10.8 Å². The molecule has 0 atom stereocenters. The number of aryl methyl sites for hydroxylation is 3. The fourth-order valence-corrected chi connectivity index (χ4v) is 5.43. The largest absolute Gasteiger partial charge is 0.467 e. The molecule has 0 spiro atoms. The highest BCUT2D eigenvalue weighted by Gasteiger charge is 2.45. The Morgan fingerprint density at radius 1 is 0.860 bits per heavy atom. The van der Waals surface area contributed by atoms with Crippen molar-refractivity contribution in [1.82, 2.24) is 10.2 Å². The Morgan fingerprint density at radius 3 is 2.00 bits per heavy atom. The molecule has 228 valence electrons. The number of anilines is 2. The van der Waals surface area contributed by atoms with Gasteiger partial charge in [0.15, 0.2) is 0 Å². The smallest absolute Gasteiger partial charge is 0.410 e. The molecule has 0 aromatic heterocycles. The molecule has 3 N–H and O–H groups in total. The second-order valence-corrected chi connectivity index (χ2v) is 12.1. The predicted molar refractivity (Wildman–Crippen MR) is 166 cm³/mol. The zero-order valence-corrected chi connectivity index (χ0v) is 25.8. The van der Waals surface area contributed by atoms with Gasteiger partial charge in [0.05, 0.1) is 18.4 Å². The standard InChI is InChI=1S/C33H40N4O6/c1-20-16-21(2)27(22(3)17-20)35-30(40)34-26-19-24-11-9-8-10-23(24)18-25(26)28(38)36-33(29(39)42-7)12-14-37(15-13-33)31(41)43-32(4,5)6/h8-11,16-19H,12-15H2,1-7H3,(H,36,38)(H2,34,35,40). The molecule has 1 fully saturated rings. The quantitative estimate of drug-likeness (QED) is 0.310. The minimum atomic E-state index is -1.37. The summed E-state index contributed by atoms with van der Waals surface area (Å²) in [5, 5.41) is 10.3. The third kappa shape index (κ3) is 7.25. The molecule has 0 radical (unpaired) electrons. The average Bonchev–Trinajstić information content (AvgIpc) is 2.93. The van der Waals surface area contributed by atoms with E-state index in [4.69, 9.17) is 9.47 Å². The molecule has 1 saturated heterocycles. The van der Waals surface area contributed by atoms with Gasteiger partial charge in [0.1, 0.15) is 11.1 Å². The topological polar surface area (TPSA) is 126 Å². The van der Waals surface area contributed by atoms with E-state index in [9.17, 15) is 19.2 Å². The molecule has 0 bridgehead atoms. The molecule has 0 aliphatic carbocycles. The molecule has 43 heavy (non-hydrogen) atoms. The molecule has 10 heteroatoms. The van der Waals surface area contributed by atoms with Crippen LogP contribution >= 0.6 is 0 Å². The first-order valence-corrected chi connectivity index (χ1v) is 14.3. The first-order chi connectivity index (χ1) is 20.2. The normalized spacial score (nSPS) is 14.5. The maximum absolute atomic E-state index is 13.9. The van der Waals surface area contributed by atoms with Gasteiger partial charge in [-0.1, -0.05) is 42.0 Å². The summed E-state index contributed by atoms with van der Waals surface area (Å²) in [6.45, 7) is 11.6. The van der Waals surface area contributed by atoms with E-state index in [-0.39, 0.29) is 37.2 Å². The number of likely N-dealkylation sites (tertiary alicyclic amines) is 1. The van der Waals surface area contributed by atoms with Crippen molar-refractivity contribution in [3.05, 3.63) is 70.8 Å². The number of hydrogen-bond acceptors (Lipinski definition) is 6. The maximum atomic E-state index is 13.9. The highest BCUT2D eigenvalue weighted by Crippen LogP contribution is 2.30. The Balaban J connectivity index is 1.61. The minimum absolute atomic E-state index is 0.132. The van der Waals surface area contributed by atoms with Crippen molar-refractivity contribution in [2.24, 2.45) is 0 Å². The number of ether oxygens (including phenoxy) is 2. The second-order valence-electron chi connectivity index (χ2n) is 12.1. The summed E-state index contributed by atoms with van der Waals surface area (Å²) in [6, 6.07) is 14.4. The van der Waals surface area contributed by atoms with Crippen molar-refractivity contribution in [2.45, 2.75) is 65.5 Å². The van der Waals surface area contributed by atoms with E-state index < -0.39 is 35.1 Å². The number of hydrogen-bond donors (Lipinski definition) is 3. The number of nitrogens with one attached hydrogen (secondary N) is 3. The van der Waals surface area contributed by atoms with E-state index >= 15 is 0 Å². The number of methoxy groups -OCH3 is 1. The van der Waals surface area contributed by atoms with Gasteiger partial charge in [-0.3, -0.25) is 4.79 Å². The lowest BCUT2D eigenvalue weighted by molar-refractivity contribution is -0.150. The van der Waals surface area contributed by atoms with Crippen molar-refractivity contribution < 1.29 is 28.7 Å². The highest BCUT2D eigenvalue weighted by molar-refractivity contribution is 6.10. The van der Waals surface area contributed by atoms with Gasteiger partial charge in [-0.05, 0) is 88.4 Å². The van der Waals surface area contributed by atoms with Gasteiger partial charge in [0.25, 0.3) is 5.91 Å². The van der Waals surface area contributed by atoms with Crippen molar-refractivity contribution in [3.63, 3.8) is 0 Å². The van der Waals surface area contributed by atoms with E-state index in [1.165, 1.54) is 12.0 Å². The van der Waals surface area contributed by atoms with Gasteiger partial charge in [-0.2, -0.15) is 0 Å². The summed E-state index contributed by atoms with van der Waals surface area (Å²) >= 11 is 0. The van der Waals surface area contributed by atoms with Gasteiger partial charge in [-0.15, -0.1) is 0 Å². The Morgan fingerprint density at radius 2 is 1.44 bits per heavy atom. The van der Waals surface area contributed by atoms with E-state index in [0.717, 1.165) is 27.5 Å². The molecule has 1 heterocycles. The summed E-state index contributed by atoms with van der Waals surface area (Å²) in [5.41, 5.74) is 2.05. The van der Waals surface area contributed by atoms with Crippen molar-refractivity contribution in [1.29, 1.82) is 0 Å². The van der Waals surface area contributed by atoms with Gasteiger partial charge in [0, 0.05) is 18.8 Å². The number of benzene rings is 3. The predicted octanol–water partition coefficient (Wildman–Crippen LogP) is 6.08. The van der Waals surface area contributed by atoms with Crippen LogP contribution in [0.5, 0.6) is 0 Å². The molecule has 3 aromatic carbocycles. The molecule has 10 nitrogen and oxygen atoms in total. The lowest BCUT2D eigenvalue weighted by Crippen LogP contribution is -2.61. The Labute approximate surface area is 252 Å². The number of carbonyl (C=O) groups excluding carboxylic acids is 4. The third-order valence-electron chi connectivity index (χ3n) is 7.49. The first kappa shape index (κ1) is 31.3. The summed E-state index contributed by atoms with van der Waals surface area (Å²) in [6.07, 6.45) is -0.218. The molecule has 0 unspecified atom stereocenters. The summed E-state index contributed by atoms with van der Waals surface area (Å²) in [5.74, 6) is -1.16. The van der Waals surface area contributed by atoms with Crippen LogP contribution in [0.4, 0.5) is 21.0 Å². The third-order valence-corrected chi connectivity index (χ3v) is 7.49. The summed E-state index contributed by atoms with van der Waals surface area (Å²) in [4.78, 5) is 54.3. The molecular formula is C33H40N4O6. The van der Waals surface area contributed by atoms with Gasteiger partial charge in [-0.25, -0.2) is 14.4 Å². The molecular weight excluding hydrogens is 548 g/mol. The lowest BCUT2D eigenvalue weighted by Gasteiger charge is -2.40. The number of carbonyl (C=O) groups is 4. The van der Waals surface area contributed by atoms with Crippen LogP contribution in [-0.2, 0) is 14.3 Å². The number of piperidine rings is 1. The lowest BCUT2D eigenvalue weighted by atomic mass is 9.87. The monoisotopic (exact) mass is 588 g/mol. The first-order valence-electron chi connectivity index (χ1n) is 14.3. The average molecular weight is 589 g/mol. The SMILES string of the molecule is COC(=O)C1(NC(=O)c2cc3ccccc3cc2NC(=O)Nc2c(C)cc(C)cc2C)CCN(C(=O)OC(C)(C)C)CC1. The Hall–Kier alpha value is -4.60. The Bertz CT molecular complexity index is 1540. The van der Waals surface area contributed by atoms with Crippen LogP contribution in [0.1, 0.15) is 60.7 Å². The number of fused-ring (bicyclic) bond motifs is 1. The second kappa shape index (κ2) is 12.3. The van der Waals surface area contributed by atoms with Crippen LogP contribution < -0.4 is 16.0 Å². The van der Waals surface area contributed by atoms with Gasteiger partial charge < -0.3 is 30.3 Å². The molecule has 4 rings (SSSR count). The van der Waals surface area contributed by atoms with Crippen LogP contribution in [0, 0.1) is 20.8 Å².